The quantitative estimate of drug-likeness (QED) is 0.815. The Morgan fingerprint density at radius 3 is 2.75 bits per heavy atom. The molecule has 0 saturated carbocycles. The molecule has 0 spiro atoms. The third kappa shape index (κ3) is 3.76. The summed E-state index contributed by atoms with van der Waals surface area (Å²) >= 11 is 1.40. The lowest BCUT2D eigenvalue weighted by atomic mass is 10.1. The van der Waals surface area contributed by atoms with Gasteiger partial charge in [-0.25, -0.2) is 9.18 Å². The second kappa shape index (κ2) is 7.49. The fourth-order valence-corrected chi connectivity index (χ4v) is 3.58. The Morgan fingerprint density at radius 2 is 2.17 bits per heavy atom. The minimum atomic E-state index is -1.05. The number of hydrogen-bond acceptors (Lipinski definition) is 3. The number of carboxylic acids is 1. The highest BCUT2D eigenvalue weighted by Crippen LogP contribution is 2.37. The molecular weight excluding hydrogens is 329 g/mol. The number of anilines is 1. The predicted octanol–water partition coefficient (Wildman–Crippen LogP) is 4.08. The SMILES string of the molecule is C=C/C(=C\C=C(/C)F)C1SCC(=O)N1c1cc(C(=O)O)ccc1C. The van der Waals surface area contributed by atoms with Gasteiger partial charge in [0.2, 0.25) is 5.91 Å². The van der Waals surface area contributed by atoms with Gasteiger partial charge >= 0.3 is 5.97 Å². The molecule has 0 bridgehead atoms. The first-order chi connectivity index (χ1) is 11.3. The van der Waals surface area contributed by atoms with E-state index >= 15 is 0 Å². The number of thioether (sulfide) groups is 1. The van der Waals surface area contributed by atoms with Crippen molar-refractivity contribution in [1.82, 2.24) is 0 Å². The monoisotopic (exact) mass is 347 g/mol. The fourth-order valence-electron chi connectivity index (χ4n) is 2.40. The highest BCUT2D eigenvalue weighted by atomic mass is 32.2. The number of benzene rings is 1. The number of rotatable bonds is 5. The van der Waals surface area contributed by atoms with Crippen LogP contribution in [0.15, 0.2) is 54.4 Å². The zero-order valence-electron chi connectivity index (χ0n) is 13.5. The van der Waals surface area contributed by atoms with E-state index in [1.807, 2.05) is 6.92 Å². The van der Waals surface area contributed by atoms with Crippen LogP contribution in [0.3, 0.4) is 0 Å². The zero-order valence-corrected chi connectivity index (χ0v) is 14.3. The third-order valence-corrected chi connectivity index (χ3v) is 4.82. The van der Waals surface area contributed by atoms with Crippen molar-refractivity contribution >= 4 is 29.3 Å². The molecular formula is C18H18FNO3S. The standard InChI is InChI=1S/C18H18FNO3S/c1-4-13(8-6-12(3)19)17-20(16(21)10-24-17)15-9-14(18(22)23)7-5-11(15)2/h4-9,17H,1,10H2,2-3H3,(H,22,23)/b12-6+,13-8+. The van der Waals surface area contributed by atoms with Crippen molar-refractivity contribution in [2.24, 2.45) is 0 Å². The van der Waals surface area contributed by atoms with Crippen LogP contribution in [0.5, 0.6) is 0 Å². The van der Waals surface area contributed by atoms with Gasteiger partial charge in [-0.15, -0.1) is 11.8 Å². The van der Waals surface area contributed by atoms with E-state index in [1.54, 1.807) is 23.1 Å². The number of carboxylic acid groups (broad SMARTS) is 1. The molecule has 1 aromatic carbocycles. The summed E-state index contributed by atoms with van der Waals surface area (Å²) in [6.45, 7) is 6.89. The second-order valence-corrected chi connectivity index (χ2v) is 6.43. The maximum absolute atomic E-state index is 13.0. The zero-order chi connectivity index (χ0) is 17.9. The number of aryl methyl sites for hydroxylation is 1. The molecule has 1 N–H and O–H groups in total. The normalized spacial score (nSPS) is 18.9. The Hall–Kier alpha value is -2.34. The molecule has 24 heavy (non-hydrogen) atoms. The molecule has 1 heterocycles. The molecule has 1 amide bonds. The molecule has 1 atom stereocenters. The van der Waals surface area contributed by atoms with E-state index < -0.39 is 5.97 Å². The summed E-state index contributed by atoms with van der Waals surface area (Å²) in [5, 5.41) is 8.82. The van der Waals surface area contributed by atoms with E-state index in [-0.39, 0.29) is 28.4 Å². The smallest absolute Gasteiger partial charge is 0.335 e. The number of amides is 1. The van der Waals surface area contributed by atoms with Crippen LogP contribution in [-0.2, 0) is 4.79 Å². The van der Waals surface area contributed by atoms with E-state index in [1.165, 1.54) is 36.9 Å². The molecule has 0 aromatic heterocycles. The van der Waals surface area contributed by atoms with Crippen LogP contribution in [0.2, 0.25) is 0 Å². The van der Waals surface area contributed by atoms with Crippen LogP contribution in [0.25, 0.3) is 0 Å². The molecule has 1 unspecified atom stereocenters. The summed E-state index contributed by atoms with van der Waals surface area (Å²) in [4.78, 5) is 25.2. The van der Waals surface area contributed by atoms with Crippen molar-refractivity contribution in [2.45, 2.75) is 19.2 Å². The highest BCUT2D eigenvalue weighted by Gasteiger charge is 2.35. The minimum Gasteiger partial charge on any atom is -0.478 e. The average Bonchev–Trinajstić information content (AvgIpc) is 2.89. The second-order valence-electron chi connectivity index (χ2n) is 5.36. The first kappa shape index (κ1) is 18.0. The van der Waals surface area contributed by atoms with Gasteiger partial charge in [-0.2, -0.15) is 0 Å². The van der Waals surface area contributed by atoms with Crippen molar-refractivity contribution in [2.75, 3.05) is 10.7 Å². The Bertz CT molecular complexity index is 751. The van der Waals surface area contributed by atoms with Crippen molar-refractivity contribution < 1.29 is 19.1 Å². The fraction of sp³-hybridized carbons (Fsp3) is 0.222. The molecule has 0 aliphatic carbocycles. The molecule has 2 rings (SSSR count). The summed E-state index contributed by atoms with van der Waals surface area (Å²) in [6, 6.07) is 4.67. The number of carbonyl (C=O) groups is 2. The molecule has 1 fully saturated rings. The number of aromatic carboxylic acids is 1. The number of allylic oxidation sites excluding steroid dienone is 3. The average molecular weight is 347 g/mol. The molecule has 0 radical (unpaired) electrons. The first-order valence-electron chi connectivity index (χ1n) is 7.29. The van der Waals surface area contributed by atoms with Crippen LogP contribution in [0.4, 0.5) is 10.1 Å². The largest absolute Gasteiger partial charge is 0.478 e. The number of nitrogens with zero attached hydrogens (tertiary/aromatic N) is 1. The van der Waals surface area contributed by atoms with Crippen LogP contribution in [-0.4, -0.2) is 28.1 Å². The topological polar surface area (TPSA) is 57.6 Å². The molecule has 4 nitrogen and oxygen atoms in total. The van der Waals surface area contributed by atoms with Crippen LogP contribution in [0.1, 0.15) is 22.8 Å². The minimum absolute atomic E-state index is 0.114. The Kier molecular flexibility index (Phi) is 5.62. The van der Waals surface area contributed by atoms with Crippen LogP contribution >= 0.6 is 11.8 Å². The summed E-state index contributed by atoms with van der Waals surface area (Å²) in [7, 11) is 0. The highest BCUT2D eigenvalue weighted by molar-refractivity contribution is 8.01. The summed E-state index contributed by atoms with van der Waals surface area (Å²) < 4.78 is 13.0. The molecule has 1 aromatic rings. The van der Waals surface area contributed by atoms with Gasteiger partial charge < -0.3 is 5.11 Å². The van der Waals surface area contributed by atoms with Crippen molar-refractivity contribution in [3.05, 3.63) is 65.5 Å². The van der Waals surface area contributed by atoms with Crippen molar-refractivity contribution in [3.63, 3.8) is 0 Å². The van der Waals surface area contributed by atoms with Crippen molar-refractivity contribution in [1.29, 1.82) is 0 Å². The predicted molar refractivity (Wildman–Crippen MR) is 95.0 cm³/mol. The van der Waals surface area contributed by atoms with E-state index in [0.717, 1.165) is 5.56 Å². The van der Waals surface area contributed by atoms with Gasteiger partial charge in [0.05, 0.1) is 17.1 Å². The summed E-state index contributed by atoms with van der Waals surface area (Å²) in [6.07, 6.45) is 4.49. The van der Waals surface area contributed by atoms with Crippen molar-refractivity contribution in [3.8, 4) is 0 Å². The van der Waals surface area contributed by atoms with Crippen LogP contribution < -0.4 is 4.90 Å². The summed E-state index contributed by atoms with van der Waals surface area (Å²) in [5.74, 6) is -1.25. The Labute approximate surface area is 144 Å². The Balaban J connectivity index is 2.50. The van der Waals surface area contributed by atoms with E-state index in [2.05, 4.69) is 6.58 Å². The lowest BCUT2D eigenvalue weighted by molar-refractivity contribution is -0.115. The molecule has 126 valence electrons. The van der Waals surface area contributed by atoms with Gasteiger partial charge in [-0.1, -0.05) is 24.8 Å². The summed E-state index contributed by atoms with van der Waals surface area (Å²) in [5.41, 5.74) is 2.13. The number of halogens is 1. The van der Waals surface area contributed by atoms with Gasteiger partial charge in [-0.3, -0.25) is 9.69 Å². The lowest BCUT2D eigenvalue weighted by Gasteiger charge is -2.26. The molecule has 1 aliphatic rings. The van der Waals surface area contributed by atoms with E-state index in [4.69, 9.17) is 0 Å². The molecule has 6 heteroatoms. The van der Waals surface area contributed by atoms with Gasteiger partial charge in [0.1, 0.15) is 5.37 Å². The van der Waals surface area contributed by atoms with E-state index in [9.17, 15) is 19.1 Å². The van der Waals surface area contributed by atoms with Gasteiger partial charge in [0.15, 0.2) is 0 Å². The first-order valence-corrected chi connectivity index (χ1v) is 8.34. The van der Waals surface area contributed by atoms with Gasteiger partial charge in [0, 0.05) is 5.69 Å². The Morgan fingerprint density at radius 1 is 1.46 bits per heavy atom. The van der Waals surface area contributed by atoms with E-state index in [0.29, 0.717) is 11.3 Å². The van der Waals surface area contributed by atoms with Gasteiger partial charge in [0.25, 0.3) is 0 Å². The maximum Gasteiger partial charge on any atom is 0.335 e. The molecule has 1 saturated heterocycles. The van der Waals surface area contributed by atoms with Gasteiger partial charge in [-0.05, 0) is 43.2 Å². The molecule has 1 aliphatic heterocycles. The third-order valence-electron chi connectivity index (χ3n) is 3.61. The van der Waals surface area contributed by atoms with Crippen LogP contribution in [0, 0.1) is 6.92 Å². The number of carbonyl (C=O) groups excluding carboxylic acids is 1. The maximum atomic E-state index is 13.0. The number of hydrogen-bond donors (Lipinski definition) is 1. The lowest BCUT2D eigenvalue weighted by Crippen LogP contribution is -2.34.